The monoisotopic (exact) mass is 393 g/mol. The van der Waals surface area contributed by atoms with Crippen molar-refractivity contribution in [3.8, 4) is 0 Å². The zero-order chi connectivity index (χ0) is 18.8. The molecular weight excluding hydrogens is 378 g/mol. The molecule has 0 fully saturated rings. The van der Waals surface area contributed by atoms with Gasteiger partial charge in [0.1, 0.15) is 5.69 Å². The van der Waals surface area contributed by atoms with Gasteiger partial charge in [-0.05, 0) is 35.6 Å². The second-order valence-corrected chi connectivity index (χ2v) is 7.80. The average molecular weight is 393 g/mol. The minimum Gasteiger partial charge on any atom is -0.266 e. The quantitative estimate of drug-likeness (QED) is 0.498. The van der Waals surface area contributed by atoms with Gasteiger partial charge in [-0.1, -0.05) is 53.8 Å². The van der Waals surface area contributed by atoms with Crippen molar-refractivity contribution in [3.05, 3.63) is 96.7 Å². The van der Waals surface area contributed by atoms with Crippen LogP contribution in [0.1, 0.15) is 16.8 Å². The van der Waals surface area contributed by atoms with E-state index in [-0.39, 0.29) is 11.3 Å². The minimum absolute atomic E-state index is 0.259. The first-order valence-corrected chi connectivity index (χ1v) is 10.3. The van der Waals surface area contributed by atoms with Crippen LogP contribution in [0.15, 0.2) is 69.1 Å². The summed E-state index contributed by atoms with van der Waals surface area (Å²) in [5.74, 6) is 0. The molecule has 0 unspecified atom stereocenters. The summed E-state index contributed by atoms with van der Waals surface area (Å²) in [6.45, 7) is 0. The summed E-state index contributed by atoms with van der Waals surface area (Å²) in [5, 5.41) is 4.28. The molecule has 134 valence electrons. The van der Waals surface area contributed by atoms with E-state index in [2.05, 4.69) is 10.1 Å². The van der Waals surface area contributed by atoms with E-state index in [1.165, 1.54) is 15.9 Å². The lowest BCUT2D eigenvalue weighted by atomic mass is 10.1. The van der Waals surface area contributed by atoms with Crippen molar-refractivity contribution in [3.63, 3.8) is 0 Å². The molecule has 4 aromatic rings. The van der Waals surface area contributed by atoms with Gasteiger partial charge in [-0.25, -0.2) is 0 Å². The Bertz CT molecular complexity index is 1260. The van der Waals surface area contributed by atoms with Crippen molar-refractivity contribution in [1.29, 1.82) is 0 Å². The summed E-state index contributed by atoms with van der Waals surface area (Å²) in [4.78, 5) is 30.5. The molecule has 2 heterocycles. The Morgan fingerprint density at radius 1 is 1.07 bits per heavy atom. The van der Waals surface area contributed by atoms with Gasteiger partial charge < -0.3 is 0 Å². The number of hydrogen-bond donors (Lipinski definition) is 0. The number of rotatable bonds is 4. The van der Waals surface area contributed by atoms with Gasteiger partial charge in [-0.3, -0.25) is 9.59 Å². The van der Waals surface area contributed by atoms with E-state index < -0.39 is 5.56 Å². The van der Waals surface area contributed by atoms with E-state index in [9.17, 15) is 9.59 Å². The fourth-order valence-corrected chi connectivity index (χ4v) is 4.01. The lowest BCUT2D eigenvalue weighted by Crippen LogP contribution is -2.28. The van der Waals surface area contributed by atoms with Gasteiger partial charge >= 0.3 is 0 Å². The smallest absolute Gasteiger partial charge is 0.266 e. The normalized spacial score (nSPS) is 12.0. The predicted octanol–water partition coefficient (Wildman–Crippen LogP) is 2.37. The molecule has 0 aliphatic heterocycles. The highest BCUT2D eigenvalue weighted by atomic mass is 32.2. The minimum atomic E-state index is -0.393. The van der Waals surface area contributed by atoms with Crippen molar-refractivity contribution in [2.75, 3.05) is 6.26 Å². The van der Waals surface area contributed by atoms with Crippen molar-refractivity contribution in [2.24, 2.45) is 0 Å². The van der Waals surface area contributed by atoms with E-state index >= 15 is 0 Å². The molecule has 2 aromatic heterocycles. The summed E-state index contributed by atoms with van der Waals surface area (Å²) in [6, 6.07) is 17.5. The number of nitrogens with zero attached hydrogens (tertiary/aromatic N) is 3. The van der Waals surface area contributed by atoms with E-state index in [0.29, 0.717) is 15.9 Å². The first kappa shape index (κ1) is 17.6. The fourth-order valence-electron chi connectivity index (χ4n) is 2.69. The van der Waals surface area contributed by atoms with Crippen LogP contribution in [0.2, 0.25) is 0 Å². The van der Waals surface area contributed by atoms with Gasteiger partial charge in [0.25, 0.3) is 11.1 Å². The number of hydrogen-bond acceptors (Lipinski definition) is 6. The van der Waals surface area contributed by atoms with E-state index in [1.54, 1.807) is 17.8 Å². The Balaban J connectivity index is 1.78. The zero-order valence-corrected chi connectivity index (χ0v) is 16.1. The van der Waals surface area contributed by atoms with Crippen LogP contribution < -0.4 is 15.7 Å². The van der Waals surface area contributed by atoms with Gasteiger partial charge in [-0.2, -0.15) is 14.6 Å². The first-order chi connectivity index (χ1) is 13.1. The second kappa shape index (κ2) is 7.46. The Morgan fingerprint density at radius 3 is 2.52 bits per heavy atom. The average Bonchev–Trinajstić information content (AvgIpc) is 2.98. The third-order valence-corrected chi connectivity index (χ3v) is 5.78. The van der Waals surface area contributed by atoms with Crippen LogP contribution in [-0.2, 0) is 6.42 Å². The SMILES string of the molecule is CSc1ccc(C=c2sc3nc(=O)c(Cc4ccccc4)nn3c2=O)cc1. The van der Waals surface area contributed by atoms with Crippen LogP contribution in [0.5, 0.6) is 0 Å². The summed E-state index contributed by atoms with van der Waals surface area (Å²) in [6.07, 6.45) is 4.16. The number of thiazole rings is 1. The molecule has 2 aromatic carbocycles. The Kier molecular flexibility index (Phi) is 4.87. The number of aromatic nitrogens is 3. The van der Waals surface area contributed by atoms with Crippen LogP contribution in [0.4, 0.5) is 0 Å². The van der Waals surface area contributed by atoms with Gasteiger partial charge in [-0.15, -0.1) is 11.8 Å². The third kappa shape index (κ3) is 3.70. The third-order valence-electron chi connectivity index (χ3n) is 4.08. The Labute approximate surface area is 163 Å². The van der Waals surface area contributed by atoms with E-state index in [1.807, 2.05) is 60.9 Å². The van der Waals surface area contributed by atoms with Crippen LogP contribution in [0.3, 0.4) is 0 Å². The summed E-state index contributed by atoms with van der Waals surface area (Å²) in [7, 11) is 0. The predicted molar refractivity (Wildman–Crippen MR) is 110 cm³/mol. The molecule has 0 saturated carbocycles. The maximum absolute atomic E-state index is 12.7. The van der Waals surface area contributed by atoms with Crippen molar-refractivity contribution in [2.45, 2.75) is 11.3 Å². The first-order valence-electron chi connectivity index (χ1n) is 8.26. The fraction of sp³-hybridized carbons (Fsp3) is 0.100. The van der Waals surface area contributed by atoms with E-state index in [0.717, 1.165) is 16.0 Å². The number of thioether (sulfide) groups is 1. The highest BCUT2D eigenvalue weighted by Crippen LogP contribution is 2.15. The lowest BCUT2D eigenvalue weighted by Gasteiger charge is -1.99. The van der Waals surface area contributed by atoms with Crippen molar-refractivity contribution < 1.29 is 0 Å². The molecule has 0 radical (unpaired) electrons. The largest absolute Gasteiger partial charge is 0.296 e. The Morgan fingerprint density at radius 2 is 1.81 bits per heavy atom. The molecular formula is C20H15N3O2S2. The highest BCUT2D eigenvalue weighted by Gasteiger charge is 2.11. The summed E-state index contributed by atoms with van der Waals surface area (Å²) >= 11 is 2.84. The Hall–Kier alpha value is -2.77. The maximum Gasteiger partial charge on any atom is 0.296 e. The van der Waals surface area contributed by atoms with Crippen LogP contribution in [-0.4, -0.2) is 20.9 Å². The van der Waals surface area contributed by atoms with Gasteiger partial charge in [0, 0.05) is 11.3 Å². The molecule has 0 amide bonds. The zero-order valence-electron chi connectivity index (χ0n) is 14.5. The van der Waals surface area contributed by atoms with Gasteiger partial charge in [0.15, 0.2) is 0 Å². The molecule has 0 spiro atoms. The topological polar surface area (TPSA) is 64.3 Å². The molecule has 5 nitrogen and oxygen atoms in total. The molecule has 0 aliphatic carbocycles. The number of benzene rings is 2. The molecule has 0 bridgehead atoms. The van der Waals surface area contributed by atoms with Crippen LogP contribution >= 0.6 is 23.1 Å². The maximum atomic E-state index is 12.7. The van der Waals surface area contributed by atoms with Crippen molar-refractivity contribution >= 4 is 34.1 Å². The summed E-state index contributed by atoms with van der Waals surface area (Å²) in [5.41, 5.74) is 1.49. The van der Waals surface area contributed by atoms with Gasteiger partial charge in [0.2, 0.25) is 4.96 Å². The molecule has 0 atom stereocenters. The molecule has 0 N–H and O–H groups in total. The summed E-state index contributed by atoms with van der Waals surface area (Å²) < 4.78 is 1.73. The van der Waals surface area contributed by atoms with Crippen LogP contribution in [0, 0.1) is 0 Å². The van der Waals surface area contributed by atoms with Gasteiger partial charge in [0.05, 0.1) is 4.53 Å². The van der Waals surface area contributed by atoms with E-state index in [4.69, 9.17) is 0 Å². The molecule has 7 heteroatoms. The second-order valence-electron chi connectivity index (χ2n) is 5.91. The van der Waals surface area contributed by atoms with Crippen molar-refractivity contribution in [1.82, 2.24) is 14.6 Å². The highest BCUT2D eigenvalue weighted by molar-refractivity contribution is 7.98. The number of fused-ring (bicyclic) bond motifs is 1. The molecule has 0 aliphatic rings. The molecule has 4 rings (SSSR count). The lowest BCUT2D eigenvalue weighted by molar-refractivity contribution is 0.811. The molecule has 27 heavy (non-hydrogen) atoms. The molecule has 0 saturated heterocycles. The van der Waals surface area contributed by atoms with Crippen LogP contribution in [0.25, 0.3) is 11.0 Å². The standard InChI is InChI=1S/C20H15N3O2S2/c1-26-15-9-7-14(8-10-15)12-17-19(25)23-20(27-17)21-18(24)16(22-23)11-13-5-3-2-4-6-13/h2-10,12H,11H2,1H3.